The zero-order valence-corrected chi connectivity index (χ0v) is 7.70. The van der Waals surface area contributed by atoms with Gasteiger partial charge in [-0.1, -0.05) is 42.5 Å². The van der Waals surface area contributed by atoms with Crippen molar-refractivity contribution in [2.75, 3.05) is 0 Å². The van der Waals surface area contributed by atoms with E-state index in [1.807, 2.05) is 36.4 Å². The van der Waals surface area contributed by atoms with Crippen LogP contribution in [0.3, 0.4) is 0 Å². The van der Waals surface area contributed by atoms with Gasteiger partial charge >= 0.3 is 0 Å². The molecule has 0 amide bonds. The van der Waals surface area contributed by atoms with Gasteiger partial charge < -0.3 is 0 Å². The molecule has 1 heteroatoms. The van der Waals surface area contributed by atoms with Gasteiger partial charge in [-0.15, -0.1) is 0 Å². The second-order valence-electron chi connectivity index (χ2n) is 3.21. The first kappa shape index (κ1) is 8.95. The third-order valence-corrected chi connectivity index (χ3v) is 2.08. The highest BCUT2D eigenvalue weighted by atomic mass is 19.1. The Morgan fingerprint density at radius 2 is 1.79 bits per heavy atom. The molecule has 14 heavy (non-hydrogen) atoms. The van der Waals surface area contributed by atoms with Crippen molar-refractivity contribution in [1.82, 2.24) is 0 Å². The van der Waals surface area contributed by atoms with Crippen LogP contribution < -0.4 is 0 Å². The van der Waals surface area contributed by atoms with E-state index in [-0.39, 0.29) is 5.82 Å². The van der Waals surface area contributed by atoms with Gasteiger partial charge in [-0.25, -0.2) is 4.39 Å². The largest absolute Gasteiger partial charge is 0.206 e. The molecule has 0 aromatic heterocycles. The van der Waals surface area contributed by atoms with Gasteiger partial charge in [0.15, 0.2) is 0 Å². The Morgan fingerprint density at radius 3 is 2.50 bits per heavy atom. The van der Waals surface area contributed by atoms with Crippen molar-refractivity contribution in [3.05, 3.63) is 71.5 Å². The second-order valence-corrected chi connectivity index (χ2v) is 3.21. The first-order valence-electron chi connectivity index (χ1n) is 4.54. The van der Waals surface area contributed by atoms with Gasteiger partial charge in [-0.3, -0.25) is 0 Å². The van der Waals surface area contributed by atoms with Crippen molar-refractivity contribution in [3.8, 4) is 0 Å². The van der Waals surface area contributed by atoms with Crippen LogP contribution in [0.5, 0.6) is 0 Å². The van der Waals surface area contributed by atoms with Crippen LogP contribution in [0.2, 0.25) is 0 Å². The van der Waals surface area contributed by atoms with Crippen LogP contribution in [-0.4, -0.2) is 0 Å². The molecule has 0 saturated heterocycles. The van der Waals surface area contributed by atoms with Gasteiger partial charge in [0.2, 0.25) is 0 Å². The van der Waals surface area contributed by atoms with E-state index < -0.39 is 0 Å². The quantitative estimate of drug-likeness (QED) is 0.674. The van der Waals surface area contributed by atoms with Crippen molar-refractivity contribution in [3.63, 3.8) is 0 Å². The van der Waals surface area contributed by atoms with Gasteiger partial charge in [-0.2, -0.15) is 0 Å². The molecule has 0 N–H and O–H groups in total. The minimum atomic E-state index is -0.293. The fourth-order valence-corrected chi connectivity index (χ4v) is 1.42. The van der Waals surface area contributed by atoms with E-state index in [0.717, 1.165) is 12.0 Å². The average Bonchev–Trinajstić information content (AvgIpc) is 2.19. The highest BCUT2D eigenvalue weighted by molar-refractivity contribution is 5.25. The van der Waals surface area contributed by atoms with Gasteiger partial charge in [-0.05, 0) is 23.6 Å². The summed E-state index contributed by atoms with van der Waals surface area (Å²) in [5.74, 6) is -0.293. The molecule has 0 spiro atoms. The summed E-state index contributed by atoms with van der Waals surface area (Å²) >= 11 is 0. The van der Waals surface area contributed by atoms with Crippen molar-refractivity contribution in [1.29, 1.82) is 0 Å². The Labute approximate surface area is 83.0 Å². The lowest BCUT2D eigenvalue weighted by Crippen LogP contribution is -1.88. The van der Waals surface area contributed by atoms with Crippen LogP contribution in [0, 0.1) is 11.9 Å². The predicted octanol–water partition coefficient (Wildman–Crippen LogP) is 3.22. The molecule has 69 valence electrons. The van der Waals surface area contributed by atoms with E-state index in [9.17, 15) is 4.39 Å². The normalized spacial score (nSPS) is 10.1. The van der Waals surface area contributed by atoms with Crippen LogP contribution in [0.4, 0.5) is 4.39 Å². The molecule has 0 aliphatic heterocycles. The summed E-state index contributed by atoms with van der Waals surface area (Å²) in [6.45, 7) is 0. The molecule has 2 rings (SSSR count). The molecule has 0 bridgehead atoms. The van der Waals surface area contributed by atoms with Crippen LogP contribution in [-0.2, 0) is 6.42 Å². The number of rotatable bonds is 2. The first-order valence-corrected chi connectivity index (χ1v) is 4.54. The summed E-state index contributed by atoms with van der Waals surface area (Å²) in [5.41, 5.74) is 2.17. The molecule has 0 aliphatic carbocycles. The van der Waals surface area contributed by atoms with Crippen LogP contribution in [0.25, 0.3) is 0 Å². The molecule has 0 saturated carbocycles. The Hall–Kier alpha value is -1.63. The van der Waals surface area contributed by atoms with E-state index >= 15 is 0 Å². The minimum absolute atomic E-state index is 0.293. The Morgan fingerprint density at radius 1 is 1.00 bits per heavy atom. The zero-order valence-electron chi connectivity index (χ0n) is 7.70. The summed E-state index contributed by atoms with van der Waals surface area (Å²) in [5, 5.41) is 0. The molecule has 2 aromatic rings. The fraction of sp³-hybridized carbons (Fsp3) is 0.0769. The maximum atomic E-state index is 12.8. The van der Waals surface area contributed by atoms with E-state index in [4.69, 9.17) is 0 Å². The highest BCUT2D eigenvalue weighted by Gasteiger charge is 1.96. The summed E-state index contributed by atoms with van der Waals surface area (Å²) in [6, 6.07) is 17.5. The van der Waals surface area contributed by atoms with E-state index in [1.54, 1.807) is 6.07 Å². The molecule has 2 aromatic carbocycles. The molecule has 0 fully saturated rings. The molecule has 0 atom stereocenters. The molecule has 0 heterocycles. The fourth-order valence-electron chi connectivity index (χ4n) is 1.42. The standard InChI is InChI=1S/C13H10F/c14-13-8-4-7-12(10-13)9-11-5-2-1-3-6-11/h1-7,10H,9H2. The number of halogens is 1. The third-order valence-electron chi connectivity index (χ3n) is 2.08. The summed E-state index contributed by atoms with van der Waals surface area (Å²) < 4.78 is 12.8. The Kier molecular flexibility index (Phi) is 2.59. The van der Waals surface area contributed by atoms with E-state index in [0.29, 0.717) is 0 Å². The number of hydrogen-bond donors (Lipinski definition) is 0. The van der Waals surface area contributed by atoms with Crippen LogP contribution in [0.1, 0.15) is 11.1 Å². The second kappa shape index (κ2) is 4.05. The Bertz CT molecular complexity index is 407. The summed E-state index contributed by atoms with van der Waals surface area (Å²) in [4.78, 5) is 0. The van der Waals surface area contributed by atoms with Gasteiger partial charge in [0.25, 0.3) is 0 Å². The van der Waals surface area contributed by atoms with Gasteiger partial charge in [0.1, 0.15) is 5.82 Å². The maximum Gasteiger partial charge on any atom is 0.131 e. The van der Waals surface area contributed by atoms with Crippen molar-refractivity contribution >= 4 is 0 Å². The van der Waals surface area contributed by atoms with Crippen molar-refractivity contribution < 1.29 is 4.39 Å². The number of hydrogen-bond acceptors (Lipinski definition) is 0. The van der Waals surface area contributed by atoms with Crippen molar-refractivity contribution in [2.24, 2.45) is 0 Å². The SMILES string of the molecule is Fc1[c]ccc(Cc2ccccc2)c1. The molecule has 0 nitrogen and oxygen atoms in total. The highest BCUT2D eigenvalue weighted by Crippen LogP contribution is 2.09. The lowest BCUT2D eigenvalue weighted by molar-refractivity contribution is 0.624. The number of benzene rings is 2. The molecular weight excluding hydrogens is 175 g/mol. The summed E-state index contributed by atoms with van der Waals surface area (Å²) in [7, 11) is 0. The third kappa shape index (κ3) is 2.19. The predicted molar refractivity (Wildman–Crippen MR) is 54.5 cm³/mol. The van der Waals surface area contributed by atoms with Crippen LogP contribution >= 0.6 is 0 Å². The average molecular weight is 185 g/mol. The van der Waals surface area contributed by atoms with Gasteiger partial charge in [0.05, 0.1) is 0 Å². The Balaban J connectivity index is 2.19. The molecule has 0 unspecified atom stereocenters. The molecular formula is C13H10F. The summed E-state index contributed by atoms with van der Waals surface area (Å²) in [6.07, 6.45) is 0.770. The first-order chi connectivity index (χ1) is 6.84. The maximum absolute atomic E-state index is 12.8. The van der Waals surface area contributed by atoms with E-state index in [2.05, 4.69) is 6.07 Å². The smallest absolute Gasteiger partial charge is 0.131 e. The molecule has 1 radical (unpaired) electrons. The zero-order chi connectivity index (χ0) is 9.80. The molecule has 0 aliphatic rings. The minimum Gasteiger partial charge on any atom is -0.206 e. The lowest BCUT2D eigenvalue weighted by Gasteiger charge is -2.00. The van der Waals surface area contributed by atoms with Crippen LogP contribution in [0.15, 0.2) is 48.5 Å². The topological polar surface area (TPSA) is 0 Å². The van der Waals surface area contributed by atoms with E-state index in [1.165, 1.54) is 11.6 Å². The lowest BCUT2D eigenvalue weighted by atomic mass is 10.1. The van der Waals surface area contributed by atoms with Crippen molar-refractivity contribution in [2.45, 2.75) is 6.42 Å². The monoisotopic (exact) mass is 185 g/mol. The van der Waals surface area contributed by atoms with Gasteiger partial charge in [0, 0.05) is 6.07 Å².